The topological polar surface area (TPSA) is 69.7 Å². The van der Waals surface area contributed by atoms with Gasteiger partial charge in [0.15, 0.2) is 0 Å². The van der Waals surface area contributed by atoms with Gasteiger partial charge in [-0.2, -0.15) is 30.2 Å². The van der Waals surface area contributed by atoms with Crippen LogP contribution in [0.1, 0.15) is 44.9 Å². The van der Waals surface area contributed by atoms with Gasteiger partial charge < -0.3 is 5.32 Å². The standard InChI is InChI=1S/C14H24F3N3O3S/c1-19(11-6-3-2-4-7-11)24(22,23)20-9-5-8-12(20)13(21)18-10-14(15,16)17/h11-12H,2-10H2,1H3,(H,18,21). The predicted molar refractivity (Wildman–Crippen MR) is 82.3 cm³/mol. The van der Waals surface area contributed by atoms with Crippen molar-refractivity contribution < 1.29 is 26.4 Å². The van der Waals surface area contributed by atoms with Crippen LogP contribution < -0.4 is 5.32 Å². The minimum Gasteiger partial charge on any atom is -0.346 e. The number of rotatable bonds is 5. The monoisotopic (exact) mass is 371 g/mol. The number of nitrogens with one attached hydrogen (secondary N) is 1. The number of carbonyl (C=O) groups is 1. The molecular formula is C14H24F3N3O3S. The lowest BCUT2D eigenvalue weighted by molar-refractivity contribution is -0.140. The molecule has 0 bridgehead atoms. The summed E-state index contributed by atoms with van der Waals surface area (Å²) >= 11 is 0. The van der Waals surface area contributed by atoms with Gasteiger partial charge in [-0.05, 0) is 25.7 Å². The fraction of sp³-hybridized carbons (Fsp3) is 0.929. The van der Waals surface area contributed by atoms with E-state index in [0.29, 0.717) is 6.42 Å². The van der Waals surface area contributed by atoms with Gasteiger partial charge in [-0.25, -0.2) is 0 Å². The molecular weight excluding hydrogens is 347 g/mol. The van der Waals surface area contributed by atoms with E-state index in [1.807, 2.05) is 0 Å². The number of alkyl halides is 3. The average Bonchev–Trinajstić information content (AvgIpc) is 3.02. The summed E-state index contributed by atoms with van der Waals surface area (Å²) in [5.41, 5.74) is 0. The summed E-state index contributed by atoms with van der Waals surface area (Å²) in [6.07, 6.45) is 0.722. The molecule has 140 valence electrons. The van der Waals surface area contributed by atoms with Crippen molar-refractivity contribution >= 4 is 16.1 Å². The van der Waals surface area contributed by atoms with Crippen molar-refractivity contribution in [3.63, 3.8) is 0 Å². The number of carbonyl (C=O) groups excluding carboxylic acids is 1. The van der Waals surface area contributed by atoms with Crippen molar-refractivity contribution in [2.24, 2.45) is 0 Å². The second kappa shape index (κ2) is 7.57. The quantitative estimate of drug-likeness (QED) is 0.799. The summed E-state index contributed by atoms with van der Waals surface area (Å²) in [5, 5.41) is 1.80. The van der Waals surface area contributed by atoms with E-state index < -0.39 is 34.9 Å². The second-order valence-electron chi connectivity index (χ2n) is 6.42. The molecule has 0 aromatic heterocycles. The smallest absolute Gasteiger partial charge is 0.346 e. The van der Waals surface area contributed by atoms with E-state index in [4.69, 9.17) is 0 Å². The summed E-state index contributed by atoms with van der Waals surface area (Å²) in [4.78, 5) is 12.0. The van der Waals surface area contributed by atoms with Gasteiger partial charge in [0.05, 0.1) is 0 Å². The van der Waals surface area contributed by atoms with Gasteiger partial charge >= 0.3 is 6.18 Å². The molecule has 24 heavy (non-hydrogen) atoms. The Morgan fingerprint density at radius 1 is 1.17 bits per heavy atom. The van der Waals surface area contributed by atoms with Crippen LogP contribution in [0.2, 0.25) is 0 Å². The fourth-order valence-corrected chi connectivity index (χ4v) is 5.18. The SMILES string of the molecule is CN(C1CCCCC1)S(=O)(=O)N1CCCC1C(=O)NCC(F)(F)F. The van der Waals surface area contributed by atoms with Crippen molar-refractivity contribution in [3.8, 4) is 0 Å². The van der Waals surface area contributed by atoms with Crippen LogP contribution in [0.4, 0.5) is 13.2 Å². The molecule has 0 radical (unpaired) electrons. The first kappa shape index (κ1) is 19.5. The molecule has 10 heteroatoms. The number of halogens is 3. The summed E-state index contributed by atoms with van der Waals surface area (Å²) in [7, 11) is -2.37. The van der Waals surface area contributed by atoms with Crippen LogP contribution in [0, 0.1) is 0 Å². The molecule has 1 saturated heterocycles. The minimum absolute atomic E-state index is 0.108. The largest absolute Gasteiger partial charge is 0.405 e. The van der Waals surface area contributed by atoms with E-state index >= 15 is 0 Å². The normalized spacial score (nSPS) is 24.5. The second-order valence-corrected chi connectivity index (χ2v) is 8.36. The van der Waals surface area contributed by atoms with Crippen LogP contribution in [0.15, 0.2) is 0 Å². The molecule has 1 aliphatic carbocycles. The summed E-state index contributed by atoms with van der Waals surface area (Å²) in [5.74, 6) is -0.884. The van der Waals surface area contributed by atoms with E-state index in [9.17, 15) is 26.4 Å². The highest BCUT2D eigenvalue weighted by Gasteiger charge is 2.43. The van der Waals surface area contributed by atoms with Crippen molar-refractivity contribution in [3.05, 3.63) is 0 Å². The van der Waals surface area contributed by atoms with Crippen molar-refractivity contribution in [2.45, 2.75) is 63.2 Å². The van der Waals surface area contributed by atoms with Crippen molar-refractivity contribution in [1.82, 2.24) is 13.9 Å². The van der Waals surface area contributed by atoms with Crippen LogP contribution in [0.3, 0.4) is 0 Å². The van der Waals surface area contributed by atoms with E-state index in [-0.39, 0.29) is 19.0 Å². The average molecular weight is 371 g/mol. The van der Waals surface area contributed by atoms with Crippen LogP contribution in [-0.2, 0) is 15.0 Å². The highest BCUT2D eigenvalue weighted by molar-refractivity contribution is 7.86. The maximum absolute atomic E-state index is 12.8. The van der Waals surface area contributed by atoms with Crippen molar-refractivity contribution in [1.29, 1.82) is 0 Å². The minimum atomic E-state index is -4.52. The van der Waals surface area contributed by atoms with Crippen molar-refractivity contribution in [2.75, 3.05) is 20.1 Å². The van der Waals surface area contributed by atoms with Gasteiger partial charge in [0.2, 0.25) is 5.91 Å². The lowest BCUT2D eigenvalue weighted by atomic mass is 9.96. The zero-order valence-corrected chi connectivity index (χ0v) is 14.5. The molecule has 2 aliphatic rings. The van der Waals surface area contributed by atoms with Crippen LogP contribution in [0.5, 0.6) is 0 Å². The molecule has 0 aromatic carbocycles. The molecule has 6 nitrogen and oxygen atoms in total. The maximum Gasteiger partial charge on any atom is 0.405 e. The molecule has 1 heterocycles. The maximum atomic E-state index is 12.8. The van der Waals surface area contributed by atoms with E-state index in [0.717, 1.165) is 36.4 Å². The molecule has 1 amide bonds. The van der Waals surface area contributed by atoms with Gasteiger partial charge in [-0.1, -0.05) is 19.3 Å². The first-order valence-electron chi connectivity index (χ1n) is 8.22. The first-order valence-corrected chi connectivity index (χ1v) is 9.62. The molecule has 2 rings (SSSR count). The van der Waals surface area contributed by atoms with Gasteiger partial charge in [-0.15, -0.1) is 0 Å². The van der Waals surface area contributed by atoms with Crippen LogP contribution in [0.25, 0.3) is 0 Å². The Kier molecular flexibility index (Phi) is 6.14. The molecule has 1 N–H and O–H groups in total. The summed E-state index contributed by atoms with van der Waals surface area (Å²) in [6.45, 7) is -1.29. The third kappa shape index (κ3) is 4.60. The summed E-state index contributed by atoms with van der Waals surface area (Å²) < 4.78 is 64.7. The Labute approximate surface area is 140 Å². The summed E-state index contributed by atoms with van der Waals surface area (Å²) in [6, 6.07) is -1.17. The van der Waals surface area contributed by atoms with Gasteiger partial charge in [0.1, 0.15) is 12.6 Å². The molecule has 1 saturated carbocycles. The lowest BCUT2D eigenvalue weighted by Crippen LogP contribution is -2.53. The van der Waals surface area contributed by atoms with Gasteiger partial charge in [0, 0.05) is 19.6 Å². The predicted octanol–water partition coefficient (Wildman–Crippen LogP) is 1.64. The molecule has 0 spiro atoms. The lowest BCUT2D eigenvalue weighted by Gasteiger charge is -2.34. The Bertz CT molecular complexity index is 547. The Morgan fingerprint density at radius 3 is 2.38 bits per heavy atom. The van der Waals surface area contributed by atoms with E-state index in [2.05, 4.69) is 0 Å². The van der Waals surface area contributed by atoms with Gasteiger partial charge in [-0.3, -0.25) is 4.79 Å². The molecule has 1 aliphatic heterocycles. The van der Waals surface area contributed by atoms with E-state index in [1.165, 1.54) is 11.4 Å². The molecule has 0 aromatic rings. The fourth-order valence-electron chi connectivity index (χ4n) is 3.38. The molecule has 2 fully saturated rings. The van der Waals surface area contributed by atoms with Gasteiger partial charge in [0.25, 0.3) is 10.2 Å². The van der Waals surface area contributed by atoms with E-state index in [1.54, 1.807) is 5.32 Å². The number of nitrogens with zero attached hydrogens (tertiary/aromatic N) is 2. The Morgan fingerprint density at radius 2 is 1.79 bits per heavy atom. The highest BCUT2D eigenvalue weighted by Crippen LogP contribution is 2.28. The number of hydrogen-bond acceptors (Lipinski definition) is 3. The zero-order valence-electron chi connectivity index (χ0n) is 13.7. The Balaban J connectivity index is 2.06. The van der Waals surface area contributed by atoms with Crippen LogP contribution >= 0.6 is 0 Å². The third-order valence-electron chi connectivity index (χ3n) is 4.72. The number of amides is 1. The highest BCUT2D eigenvalue weighted by atomic mass is 32.2. The molecule has 1 atom stereocenters. The zero-order chi connectivity index (χ0) is 18.0. The number of hydrogen-bond donors (Lipinski definition) is 1. The Hall–Kier alpha value is -0.870. The van der Waals surface area contributed by atoms with Crippen LogP contribution in [-0.4, -0.2) is 61.3 Å². The molecule has 1 unspecified atom stereocenters. The third-order valence-corrected chi connectivity index (χ3v) is 6.77. The first-order chi connectivity index (χ1) is 11.1.